The summed E-state index contributed by atoms with van der Waals surface area (Å²) in [6, 6.07) is 6.82. The average molecular weight is 338 g/mol. The van der Waals surface area contributed by atoms with Crippen molar-refractivity contribution in [3.05, 3.63) is 45.6 Å². The average Bonchev–Trinajstić information content (AvgIpc) is 2.53. The number of benzene rings is 1. The molecule has 128 valence electrons. The van der Waals surface area contributed by atoms with Crippen LogP contribution < -0.4 is 11.2 Å². The lowest BCUT2D eigenvalue weighted by Crippen LogP contribution is -2.12. The molecule has 1 aromatic carbocycles. The molecule has 6 nitrogen and oxygen atoms in total. The number of pyridine rings is 1. The van der Waals surface area contributed by atoms with Crippen LogP contribution >= 0.6 is 0 Å². The number of rotatable bonds is 4. The van der Waals surface area contributed by atoms with Crippen molar-refractivity contribution in [2.75, 3.05) is 5.73 Å². The number of hydrogen-bond donors (Lipinski definition) is 2. The van der Waals surface area contributed by atoms with Crippen molar-refractivity contribution in [2.24, 2.45) is 5.92 Å². The van der Waals surface area contributed by atoms with Gasteiger partial charge in [0.25, 0.3) is 0 Å². The van der Waals surface area contributed by atoms with E-state index in [1.54, 1.807) is 6.07 Å². The van der Waals surface area contributed by atoms with Crippen LogP contribution in [0.5, 0.6) is 0 Å². The molecule has 2 heterocycles. The van der Waals surface area contributed by atoms with E-state index in [0.717, 1.165) is 24.3 Å². The fourth-order valence-corrected chi connectivity index (χ4v) is 3.32. The molecule has 3 aromatic rings. The van der Waals surface area contributed by atoms with Crippen LogP contribution in [0.25, 0.3) is 22.1 Å². The van der Waals surface area contributed by atoms with Gasteiger partial charge in [0.2, 0.25) is 11.1 Å². The third kappa shape index (κ3) is 2.73. The molecular weight excluding hydrogens is 320 g/mol. The third-order valence-electron chi connectivity index (χ3n) is 5.05. The van der Waals surface area contributed by atoms with Gasteiger partial charge in [-0.05, 0) is 42.5 Å². The van der Waals surface area contributed by atoms with Crippen molar-refractivity contribution in [1.29, 1.82) is 0 Å². The summed E-state index contributed by atoms with van der Waals surface area (Å²) >= 11 is 0. The molecular formula is C19H18N2O4. The first kappa shape index (κ1) is 15.6. The van der Waals surface area contributed by atoms with E-state index >= 15 is 0 Å². The van der Waals surface area contributed by atoms with Gasteiger partial charge in [0, 0.05) is 0 Å². The maximum atomic E-state index is 12.8. The van der Waals surface area contributed by atoms with Crippen molar-refractivity contribution < 1.29 is 14.3 Å². The fourth-order valence-electron chi connectivity index (χ4n) is 3.32. The number of carboxylic acids is 1. The second kappa shape index (κ2) is 5.88. The lowest BCUT2D eigenvalue weighted by molar-refractivity contribution is 0.0698. The van der Waals surface area contributed by atoms with E-state index in [1.165, 1.54) is 25.3 Å². The van der Waals surface area contributed by atoms with E-state index in [-0.39, 0.29) is 27.9 Å². The highest BCUT2D eigenvalue weighted by Gasteiger charge is 2.18. The molecule has 1 saturated carbocycles. The third-order valence-corrected chi connectivity index (χ3v) is 5.05. The summed E-state index contributed by atoms with van der Waals surface area (Å²) in [5.41, 5.74) is 6.74. The number of carbonyl (C=O) groups is 1. The van der Waals surface area contributed by atoms with Gasteiger partial charge in [0.15, 0.2) is 0 Å². The molecule has 0 spiro atoms. The number of anilines is 1. The minimum absolute atomic E-state index is 0.0576. The Kier molecular flexibility index (Phi) is 3.67. The van der Waals surface area contributed by atoms with Crippen LogP contribution in [0.15, 0.2) is 33.5 Å². The number of hydrogen-bond acceptors (Lipinski definition) is 5. The Morgan fingerprint density at radius 3 is 2.76 bits per heavy atom. The highest BCUT2D eigenvalue weighted by atomic mass is 16.4. The Bertz CT molecular complexity index is 1050. The van der Waals surface area contributed by atoms with Crippen LogP contribution in [0.3, 0.4) is 0 Å². The van der Waals surface area contributed by atoms with E-state index in [2.05, 4.69) is 4.98 Å². The lowest BCUT2D eigenvalue weighted by Gasteiger charge is -2.25. The number of aromatic carboxylic acids is 1. The predicted octanol–water partition coefficient (Wildman–Crippen LogP) is 3.35. The summed E-state index contributed by atoms with van der Waals surface area (Å²) in [5.74, 6) is -0.589. The van der Waals surface area contributed by atoms with Crippen molar-refractivity contribution in [2.45, 2.75) is 32.1 Å². The Labute approximate surface area is 143 Å². The van der Waals surface area contributed by atoms with Crippen LogP contribution in [-0.4, -0.2) is 16.1 Å². The number of carboxylic acid groups (broad SMARTS) is 1. The molecule has 0 radical (unpaired) electrons. The first-order valence-electron chi connectivity index (χ1n) is 8.42. The Morgan fingerprint density at radius 1 is 1.28 bits per heavy atom. The van der Waals surface area contributed by atoms with E-state index < -0.39 is 5.97 Å². The van der Waals surface area contributed by atoms with Gasteiger partial charge in [0.05, 0.1) is 10.8 Å². The fraction of sp³-hybridized carbons (Fsp3) is 0.316. The van der Waals surface area contributed by atoms with Gasteiger partial charge in [-0.25, -0.2) is 4.79 Å². The quantitative estimate of drug-likeness (QED) is 0.707. The zero-order valence-electron chi connectivity index (χ0n) is 13.6. The summed E-state index contributed by atoms with van der Waals surface area (Å²) in [6.45, 7) is 0. The molecule has 1 aliphatic rings. The first-order chi connectivity index (χ1) is 12.0. The summed E-state index contributed by atoms with van der Waals surface area (Å²) < 4.78 is 5.67. The van der Waals surface area contributed by atoms with Gasteiger partial charge < -0.3 is 15.3 Å². The number of nitrogens with two attached hydrogens (primary N) is 1. The molecule has 4 rings (SSSR count). The number of nitrogen functional groups attached to an aromatic ring is 1. The van der Waals surface area contributed by atoms with Gasteiger partial charge in [-0.2, -0.15) is 4.98 Å². The van der Waals surface area contributed by atoms with Crippen LogP contribution in [0.2, 0.25) is 0 Å². The second-order valence-corrected chi connectivity index (χ2v) is 6.68. The second-order valence-electron chi connectivity index (χ2n) is 6.68. The number of aromatic nitrogens is 1. The molecule has 1 fully saturated rings. The molecule has 0 unspecified atom stereocenters. The largest absolute Gasteiger partial charge is 0.478 e. The normalized spacial score (nSPS) is 14.7. The first-order valence-corrected chi connectivity index (χ1v) is 8.42. The van der Waals surface area contributed by atoms with Crippen molar-refractivity contribution in [3.8, 4) is 0 Å². The standard InChI is InChI=1S/C19H18N2O4/c20-17-14(19(23)24)9-13-16(22)12-8-11(5-4-10-2-1-3-10)6-7-15(12)25-18(13)21-17/h6-10H,1-5H2,(H2,20,21)(H,23,24). The maximum absolute atomic E-state index is 12.8. The highest BCUT2D eigenvalue weighted by Crippen LogP contribution is 2.31. The Hall–Kier alpha value is -2.89. The van der Waals surface area contributed by atoms with Crippen LogP contribution in [0.1, 0.15) is 41.6 Å². The zero-order valence-corrected chi connectivity index (χ0v) is 13.6. The van der Waals surface area contributed by atoms with Gasteiger partial charge in [0.1, 0.15) is 17.0 Å². The SMILES string of the molecule is Nc1nc2oc3ccc(CCC4CCC4)cc3c(=O)c2cc1C(=O)O. The van der Waals surface area contributed by atoms with Crippen molar-refractivity contribution >= 4 is 33.9 Å². The molecule has 0 amide bonds. The lowest BCUT2D eigenvalue weighted by atomic mass is 9.81. The smallest absolute Gasteiger partial charge is 0.339 e. The summed E-state index contributed by atoms with van der Waals surface area (Å²) in [4.78, 5) is 28.0. The molecule has 0 atom stereocenters. The van der Waals surface area contributed by atoms with E-state index in [9.17, 15) is 14.7 Å². The molecule has 1 aliphatic carbocycles. The van der Waals surface area contributed by atoms with Crippen LogP contribution in [-0.2, 0) is 6.42 Å². The molecule has 0 saturated heterocycles. The highest BCUT2D eigenvalue weighted by molar-refractivity contribution is 5.98. The minimum atomic E-state index is -1.22. The number of fused-ring (bicyclic) bond motifs is 2. The molecule has 3 N–H and O–H groups in total. The molecule has 0 aliphatic heterocycles. The predicted molar refractivity (Wildman–Crippen MR) is 94.8 cm³/mol. The number of aryl methyl sites for hydroxylation is 1. The summed E-state index contributed by atoms with van der Waals surface area (Å²) in [5, 5.41) is 9.75. The van der Waals surface area contributed by atoms with Gasteiger partial charge in [-0.15, -0.1) is 0 Å². The van der Waals surface area contributed by atoms with Crippen LogP contribution in [0.4, 0.5) is 5.82 Å². The molecule has 0 bridgehead atoms. The van der Waals surface area contributed by atoms with Crippen molar-refractivity contribution in [3.63, 3.8) is 0 Å². The maximum Gasteiger partial charge on any atom is 0.339 e. The monoisotopic (exact) mass is 338 g/mol. The van der Waals surface area contributed by atoms with E-state index in [1.807, 2.05) is 12.1 Å². The minimum Gasteiger partial charge on any atom is -0.478 e. The van der Waals surface area contributed by atoms with Gasteiger partial charge in [-0.3, -0.25) is 4.79 Å². The van der Waals surface area contributed by atoms with Crippen molar-refractivity contribution in [1.82, 2.24) is 4.98 Å². The molecule has 2 aromatic heterocycles. The molecule has 25 heavy (non-hydrogen) atoms. The summed E-state index contributed by atoms with van der Waals surface area (Å²) in [6.07, 6.45) is 5.97. The van der Waals surface area contributed by atoms with Crippen LogP contribution in [0, 0.1) is 5.92 Å². The topological polar surface area (TPSA) is 106 Å². The summed E-state index contributed by atoms with van der Waals surface area (Å²) in [7, 11) is 0. The molecule has 6 heteroatoms. The van der Waals surface area contributed by atoms with E-state index in [4.69, 9.17) is 10.2 Å². The Morgan fingerprint density at radius 2 is 2.08 bits per heavy atom. The number of nitrogens with zero attached hydrogens (tertiary/aromatic N) is 1. The zero-order chi connectivity index (χ0) is 17.6. The van der Waals surface area contributed by atoms with E-state index in [0.29, 0.717) is 11.0 Å². The Balaban J connectivity index is 1.82. The van der Waals surface area contributed by atoms with Gasteiger partial charge in [-0.1, -0.05) is 25.3 Å². The van der Waals surface area contributed by atoms with Gasteiger partial charge >= 0.3 is 5.97 Å².